The fourth-order valence-corrected chi connectivity index (χ4v) is 2.18. The van der Waals surface area contributed by atoms with Crippen molar-refractivity contribution in [3.63, 3.8) is 0 Å². The van der Waals surface area contributed by atoms with Crippen molar-refractivity contribution < 1.29 is 13.9 Å². The molecule has 1 rings (SSSR count). The highest BCUT2D eigenvalue weighted by Gasteiger charge is 2.11. The minimum absolute atomic E-state index is 0.299. The summed E-state index contributed by atoms with van der Waals surface area (Å²) in [5.74, 6) is 2.70. The van der Waals surface area contributed by atoms with Crippen molar-refractivity contribution in [1.29, 1.82) is 0 Å². The quantitative estimate of drug-likeness (QED) is 0.542. The highest BCUT2D eigenvalue weighted by molar-refractivity contribution is 7.98. The number of hydrogen-bond acceptors (Lipinski definition) is 4. The van der Waals surface area contributed by atoms with Gasteiger partial charge in [-0.1, -0.05) is 13.3 Å². The third-order valence-electron chi connectivity index (χ3n) is 2.02. The molecule has 0 saturated carbocycles. The third kappa shape index (κ3) is 4.31. The zero-order valence-electron chi connectivity index (χ0n) is 9.82. The van der Waals surface area contributed by atoms with Crippen molar-refractivity contribution in [2.45, 2.75) is 32.4 Å². The van der Waals surface area contributed by atoms with Gasteiger partial charge in [-0.05, 0) is 31.2 Å². The maximum Gasteiger partial charge on any atom is 0.374 e. The van der Waals surface area contributed by atoms with Gasteiger partial charge < -0.3 is 9.15 Å². The van der Waals surface area contributed by atoms with Crippen LogP contribution in [-0.4, -0.2) is 18.3 Å². The lowest BCUT2D eigenvalue weighted by Crippen LogP contribution is -2.02. The van der Waals surface area contributed by atoms with Crippen molar-refractivity contribution >= 4 is 17.7 Å². The van der Waals surface area contributed by atoms with E-state index in [0.29, 0.717) is 12.4 Å². The summed E-state index contributed by atoms with van der Waals surface area (Å²) in [7, 11) is 0. The van der Waals surface area contributed by atoms with Crippen LogP contribution in [0.1, 0.15) is 43.0 Å². The SMILES string of the molecule is CCCCSCc1ccc(C(=O)OCC)o1. The third-order valence-corrected chi connectivity index (χ3v) is 3.09. The first-order chi connectivity index (χ1) is 7.77. The zero-order valence-corrected chi connectivity index (χ0v) is 10.6. The maximum atomic E-state index is 11.3. The van der Waals surface area contributed by atoms with Crippen molar-refractivity contribution in [3.05, 3.63) is 23.7 Å². The van der Waals surface area contributed by atoms with E-state index in [1.54, 1.807) is 13.0 Å². The van der Waals surface area contributed by atoms with E-state index in [1.165, 1.54) is 12.8 Å². The maximum absolute atomic E-state index is 11.3. The molecule has 1 aromatic rings. The molecular formula is C12H18O3S. The highest BCUT2D eigenvalue weighted by Crippen LogP contribution is 2.17. The first kappa shape index (κ1) is 13.2. The van der Waals surface area contributed by atoms with Crippen LogP contribution in [0.25, 0.3) is 0 Å². The van der Waals surface area contributed by atoms with E-state index in [9.17, 15) is 4.79 Å². The Bertz CT molecular complexity index is 320. The van der Waals surface area contributed by atoms with Crippen LogP contribution in [-0.2, 0) is 10.5 Å². The number of carbonyl (C=O) groups excluding carboxylic acids is 1. The van der Waals surface area contributed by atoms with Crippen molar-refractivity contribution in [1.82, 2.24) is 0 Å². The molecule has 0 fully saturated rings. The molecule has 0 atom stereocenters. The summed E-state index contributed by atoms with van der Waals surface area (Å²) < 4.78 is 10.2. The van der Waals surface area contributed by atoms with Gasteiger partial charge in [-0.25, -0.2) is 4.79 Å². The van der Waals surface area contributed by atoms with Gasteiger partial charge in [0.15, 0.2) is 0 Å². The average Bonchev–Trinajstić information content (AvgIpc) is 2.73. The fraction of sp³-hybridized carbons (Fsp3) is 0.583. The molecule has 4 heteroatoms. The number of thioether (sulfide) groups is 1. The van der Waals surface area contributed by atoms with Gasteiger partial charge in [-0.2, -0.15) is 11.8 Å². The topological polar surface area (TPSA) is 39.4 Å². The molecule has 0 saturated heterocycles. The molecule has 0 aromatic carbocycles. The summed E-state index contributed by atoms with van der Waals surface area (Å²) in [6, 6.07) is 3.51. The van der Waals surface area contributed by atoms with Crippen molar-refractivity contribution in [3.8, 4) is 0 Å². The summed E-state index contributed by atoms with van der Waals surface area (Å²) in [6.07, 6.45) is 2.43. The number of furan rings is 1. The van der Waals surface area contributed by atoms with Crippen LogP contribution in [0.4, 0.5) is 0 Å². The number of hydrogen-bond donors (Lipinski definition) is 0. The van der Waals surface area contributed by atoms with Crippen LogP contribution >= 0.6 is 11.8 Å². The predicted octanol–water partition coefficient (Wildman–Crippen LogP) is 3.49. The molecule has 3 nitrogen and oxygen atoms in total. The highest BCUT2D eigenvalue weighted by atomic mass is 32.2. The Morgan fingerprint density at radius 2 is 2.25 bits per heavy atom. The van der Waals surface area contributed by atoms with E-state index >= 15 is 0 Å². The number of unbranched alkanes of at least 4 members (excludes halogenated alkanes) is 1. The first-order valence-electron chi connectivity index (χ1n) is 5.61. The molecule has 0 aliphatic carbocycles. The first-order valence-corrected chi connectivity index (χ1v) is 6.77. The Labute approximate surface area is 101 Å². The number of carbonyl (C=O) groups is 1. The van der Waals surface area contributed by atoms with E-state index < -0.39 is 0 Å². The normalized spacial score (nSPS) is 10.4. The zero-order chi connectivity index (χ0) is 11.8. The van der Waals surface area contributed by atoms with Gasteiger partial charge in [0.25, 0.3) is 0 Å². The molecule has 0 amide bonds. The fourth-order valence-electron chi connectivity index (χ4n) is 1.19. The van der Waals surface area contributed by atoms with E-state index in [1.807, 2.05) is 17.8 Å². The molecule has 0 unspecified atom stereocenters. The molecular weight excluding hydrogens is 224 g/mol. The Morgan fingerprint density at radius 3 is 2.94 bits per heavy atom. The van der Waals surface area contributed by atoms with Gasteiger partial charge in [0, 0.05) is 0 Å². The molecule has 0 aliphatic rings. The second-order valence-electron chi connectivity index (χ2n) is 3.39. The van der Waals surface area contributed by atoms with Gasteiger partial charge in [-0.3, -0.25) is 0 Å². The van der Waals surface area contributed by atoms with Crippen LogP contribution < -0.4 is 0 Å². The van der Waals surface area contributed by atoms with Crippen molar-refractivity contribution in [2.75, 3.05) is 12.4 Å². The van der Waals surface area contributed by atoms with E-state index in [2.05, 4.69) is 6.92 Å². The molecule has 0 N–H and O–H groups in total. The van der Waals surface area contributed by atoms with Gasteiger partial charge in [-0.15, -0.1) is 0 Å². The molecule has 1 heterocycles. The summed E-state index contributed by atoms with van der Waals surface area (Å²) in [4.78, 5) is 11.3. The summed E-state index contributed by atoms with van der Waals surface area (Å²) in [5.41, 5.74) is 0. The van der Waals surface area contributed by atoms with E-state index in [-0.39, 0.29) is 5.97 Å². The Balaban J connectivity index is 2.36. The Kier molecular flexibility index (Phi) is 6.08. The van der Waals surface area contributed by atoms with E-state index in [0.717, 1.165) is 17.3 Å². The molecule has 0 spiro atoms. The largest absolute Gasteiger partial charge is 0.460 e. The van der Waals surface area contributed by atoms with Gasteiger partial charge in [0.1, 0.15) is 5.76 Å². The average molecular weight is 242 g/mol. The predicted molar refractivity (Wildman–Crippen MR) is 65.7 cm³/mol. The van der Waals surface area contributed by atoms with E-state index in [4.69, 9.17) is 9.15 Å². The number of rotatable bonds is 7. The van der Waals surface area contributed by atoms with Gasteiger partial charge in [0.2, 0.25) is 5.76 Å². The summed E-state index contributed by atoms with van der Waals surface area (Å²) in [6.45, 7) is 4.33. The standard InChI is InChI=1S/C12H18O3S/c1-3-5-8-16-9-10-6-7-11(15-10)12(13)14-4-2/h6-7H,3-5,8-9H2,1-2H3. The lowest BCUT2D eigenvalue weighted by atomic mass is 10.4. The molecule has 0 bridgehead atoms. The molecule has 1 aromatic heterocycles. The lowest BCUT2D eigenvalue weighted by molar-refractivity contribution is 0.0488. The minimum atomic E-state index is -0.382. The van der Waals surface area contributed by atoms with Gasteiger partial charge in [0.05, 0.1) is 12.4 Å². The van der Waals surface area contributed by atoms with Crippen LogP contribution in [0.2, 0.25) is 0 Å². The van der Waals surface area contributed by atoms with Crippen LogP contribution in [0.5, 0.6) is 0 Å². The Hall–Kier alpha value is -0.900. The molecule has 16 heavy (non-hydrogen) atoms. The van der Waals surface area contributed by atoms with Crippen LogP contribution in [0.3, 0.4) is 0 Å². The van der Waals surface area contributed by atoms with Gasteiger partial charge >= 0.3 is 5.97 Å². The second-order valence-corrected chi connectivity index (χ2v) is 4.50. The molecule has 0 aliphatic heterocycles. The number of ether oxygens (including phenoxy) is 1. The molecule has 0 radical (unpaired) electrons. The Morgan fingerprint density at radius 1 is 1.44 bits per heavy atom. The summed E-state index contributed by atoms with van der Waals surface area (Å²) >= 11 is 1.82. The number of esters is 1. The monoisotopic (exact) mass is 242 g/mol. The molecule has 90 valence electrons. The van der Waals surface area contributed by atoms with Crippen LogP contribution in [0.15, 0.2) is 16.5 Å². The minimum Gasteiger partial charge on any atom is -0.460 e. The lowest BCUT2D eigenvalue weighted by Gasteiger charge is -1.98. The van der Waals surface area contributed by atoms with Crippen LogP contribution in [0, 0.1) is 0 Å². The second kappa shape index (κ2) is 7.39. The van der Waals surface area contributed by atoms with Crippen molar-refractivity contribution in [2.24, 2.45) is 0 Å². The smallest absolute Gasteiger partial charge is 0.374 e. The summed E-state index contributed by atoms with van der Waals surface area (Å²) in [5, 5.41) is 0.